The van der Waals surface area contributed by atoms with Crippen molar-refractivity contribution in [3.63, 3.8) is 0 Å². The fraction of sp³-hybridized carbons (Fsp3) is 0.111. The van der Waals surface area contributed by atoms with Crippen molar-refractivity contribution in [3.8, 4) is 0 Å². The summed E-state index contributed by atoms with van der Waals surface area (Å²) in [6.07, 6.45) is 3.24. The zero-order chi connectivity index (χ0) is 10.6. The first-order valence-electron chi connectivity index (χ1n) is 3.95. The number of nitro groups is 1. The van der Waals surface area contributed by atoms with Gasteiger partial charge in [-0.2, -0.15) is 4.39 Å². The van der Waals surface area contributed by atoms with Crippen LogP contribution in [0.5, 0.6) is 0 Å². The third-order valence-electron chi connectivity index (χ3n) is 1.61. The number of rotatable bonds is 3. The van der Waals surface area contributed by atoms with Crippen LogP contribution in [0.4, 0.5) is 10.1 Å². The number of nitrogens with two attached hydrogens (primary N) is 1. The van der Waals surface area contributed by atoms with Gasteiger partial charge in [0, 0.05) is 12.6 Å². The third-order valence-corrected chi connectivity index (χ3v) is 1.61. The molecule has 0 atom stereocenters. The number of nitro benzene ring substituents is 1. The van der Waals surface area contributed by atoms with Crippen molar-refractivity contribution in [2.24, 2.45) is 5.73 Å². The van der Waals surface area contributed by atoms with Crippen LogP contribution in [0.25, 0.3) is 6.08 Å². The van der Waals surface area contributed by atoms with E-state index in [2.05, 4.69) is 0 Å². The predicted octanol–water partition coefficient (Wildman–Crippen LogP) is 1.71. The molecule has 5 heteroatoms. The summed E-state index contributed by atoms with van der Waals surface area (Å²) in [6.45, 7) is 0.338. The van der Waals surface area contributed by atoms with Gasteiger partial charge in [-0.25, -0.2) is 0 Å². The van der Waals surface area contributed by atoms with Gasteiger partial charge in [-0.3, -0.25) is 10.1 Å². The molecule has 0 unspecified atom stereocenters. The lowest BCUT2D eigenvalue weighted by molar-refractivity contribution is -0.387. The molecular formula is C9H9FN2O2. The average Bonchev–Trinajstić information content (AvgIpc) is 2.16. The van der Waals surface area contributed by atoms with E-state index in [1.54, 1.807) is 12.2 Å². The zero-order valence-electron chi connectivity index (χ0n) is 7.31. The van der Waals surface area contributed by atoms with E-state index >= 15 is 0 Å². The van der Waals surface area contributed by atoms with Gasteiger partial charge < -0.3 is 5.73 Å². The number of hydrogen-bond donors (Lipinski definition) is 1. The van der Waals surface area contributed by atoms with E-state index in [1.165, 1.54) is 12.1 Å². The summed E-state index contributed by atoms with van der Waals surface area (Å²) in [7, 11) is 0. The quantitative estimate of drug-likeness (QED) is 0.591. The Hall–Kier alpha value is -1.75. The van der Waals surface area contributed by atoms with E-state index in [0.717, 1.165) is 6.07 Å². The number of benzene rings is 1. The van der Waals surface area contributed by atoms with Crippen LogP contribution >= 0.6 is 0 Å². The smallest absolute Gasteiger partial charge is 0.305 e. The molecule has 0 aromatic heterocycles. The maximum atomic E-state index is 12.9. The maximum Gasteiger partial charge on any atom is 0.305 e. The van der Waals surface area contributed by atoms with Crippen LogP contribution in [0.15, 0.2) is 24.3 Å². The van der Waals surface area contributed by atoms with Crippen LogP contribution in [-0.4, -0.2) is 11.5 Å². The number of halogens is 1. The SMILES string of the molecule is NCC=Cc1ccc(F)c([N+](=O)[O-])c1. The molecule has 0 aliphatic carbocycles. The van der Waals surface area contributed by atoms with Crippen LogP contribution in [-0.2, 0) is 0 Å². The summed E-state index contributed by atoms with van der Waals surface area (Å²) in [5.41, 5.74) is 5.24. The van der Waals surface area contributed by atoms with E-state index in [0.29, 0.717) is 12.1 Å². The Balaban J connectivity index is 3.06. The molecule has 2 N–H and O–H groups in total. The van der Waals surface area contributed by atoms with Crippen molar-refractivity contribution in [1.29, 1.82) is 0 Å². The Morgan fingerprint density at radius 3 is 2.86 bits per heavy atom. The Morgan fingerprint density at radius 1 is 1.57 bits per heavy atom. The lowest BCUT2D eigenvalue weighted by Gasteiger charge is -1.95. The fourth-order valence-electron chi connectivity index (χ4n) is 0.977. The molecule has 4 nitrogen and oxygen atoms in total. The minimum absolute atomic E-state index is 0.338. The van der Waals surface area contributed by atoms with Crippen LogP contribution in [0.3, 0.4) is 0 Å². The van der Waals surface area contributed by atoms with E-state index in [-0.39, 0.29) is 0 Å². The highest BCUT2D eigenvalue weighted by Crippen LogP contribution is 2.18. The minimum Gasteiger partial charge on any atom is -0.327 e. The van der Waals surface area contributed by atoms with Crippen LogP contribution in [0.1, 0.15) is 5.56 Å². The second-order valence-corrected chi connectivity index (χ2v) is 2.61. The van der Waals surface area contributed by atoms with Gasteiger partial charge in [0.1, 0.15) is 0 Å². The van der Waals surface area contributed by atoms with E-state index in [4.69, 9.17) is 5.73 Å². The van der Waals surface area contributed by atoms with Gasteiger partial charge in [-0.05, 0) is 11.6 Å². The standard InChI is InChI=1S/C9H9FN2O2/c10-8-4-3-7(2-1-5-11)6-9(8)12(13)14/h1-4,6H,5,11H2. The van der Waals surface area contributed by atoms with Crippen molar-refractivity contribution in [1.82, 2.24) is 0 Å². The summed E-state index contributed by atoms with van der Waals surface area (Å²) in [5.74, 6) is -0.833. The molecule has 1 aromatic carbocycles. The monoisotopic (exact) mass is 196 g/mol. The Bertz CT molecular complexity index is 377. The minimum atomic E-state index is -0.833. The largest absolute Gasteiger partial charge is 0.327 e. The Kier molecular flexibility index (Phi) is 3.30. The molecule has 1 aromatic rings. The highest BCUT2D eigenvalue weighted by Gasteiger charge is 2.12. The van der Waals surface area contributed by atoms with E-state index < -0.39 is 16.4 Å². The van der Waals surface area contributed by atoms with E-state index in [1.807, 2.05) is 0 Å². The molecule has 14 heavy (non-hydrogen) atoms. The molecule has 74 valence electrons. The first kappa shape index (κ1) is 10.3. The summed E-state index contributed by atoms with van der Waals surface area (Å²) >= 11 is 0. The molecule has 0 fully saturated rings. The molecule has 0 heterocycles. The predicted molar refractivity (Wildman–Crippen MR) is 51.1 cm³/mol. The number of hydrogen-bond acceptors (Lipinski definition) is 3. The van der Waals surface area contributed by atoms with Crippen molar-refractivity contribution in [3.05, 3.63) is 45.8 Å². The van der Waals surface area contributed by atoms with Gasteiger partial charge in [-0.1, -0.05) is 18.2 Å². The second kappa shape index (κ2) is 4.48. The molecule has 0 aliphatic heterocycles. The molecule has 0 saturated carbocycles. The van der Waals surface area contributed by atoms with Gasteiger partial charge >= 0.3 is 5.69 Å². The summed E-state index contributed by atoms with van der Waals surface area (Å²) in [5, 5.41) is 10.4. The van der Waals surface area contributed by atoms with Crippen molar-refractivity contribution < 1.29 is 9.31 Å². The molecule has 0 aliphatic rings. The lowest BCUT2D eigenvalue weighted by atomic mass is 10.2. The molecule has 0 amide bonds. The Labute approximate surface area is 80.0 Å². The maximum absolute atomic E-state index is 12.9. The number of nitrogens with zero attached hydrogens (tertiary/aromatic N) is 1. The van der Waals surface area contributed by atoms with E-state index in [9.17, 15) is 14.5 Å². The van der Waals surface area contributed by atoms with Crippen molar-refractivity contribution >= 4 is 11.8 Å². The Morgan fingerprint density at radius 2 is 2.29 bits per heavy atom. The first-order chi connectivity index (χ1) is 6.65. The molecular weight excluding hydrogens is 187 g/mol. The molecule has 0 saturated heterocycles. The summed E-state index contributed by atoms with van der Waals surface area (Å²) in [6, 6.07) is 3.68. The fourth-order valence-corrected chi connectivity index (χ4v) is 0.977. The van der Waals surface area contributed by atoms with Gasteiger partial charge in [0.2, 0.25) is 5.82 Å². The zero-order valence-corrected chi connectivity index (χ0v) is 7.31. The second-order valence-electron chi connectivity index (χ2n) is 2.61. The van der Waals surface area contributed by atoms with Crippen molar-refractivity contribution in [2.45, 2.75) is 0 Å². The lowest BCUT2D eigenvalue weighted by Crippen LogP contribution is -1.94. The average molecular weight is 196 g/mol. The normalized spacial score (nSPS) is 10.7. The third kappa shape index (κ3) is 2.37. The molecule has 0 radical (unpaired) electrons. The van der Waals surface area contributed by atoms with Crippen LogP contribution in [0.2, 0.25) is 0 Å². The van der Waals surface area contributed by atoms with Crippen LogP contribution in [0, 0.1) is 15.9 Å². The molecule has 0 spiro atoms. The molecule has 1 rings (SSSR count). The van der Waals surface area contributed by atoms with Gasteiger partial charge in [-0.15, -0.1) is 0 Å². The summed E-state index contributed by atoms with van der Waals surface area (Å²) in [4.78, 5) is 9.61. The highest BCUT2D eigenvalue weighted by molar-refractivity contribution is 5.53. The van der Waals surface area contributed by atoms with Crippen LogP contribution < -0.4 is 5.73 Å². The topological polar surface area (TPSA) is 69.2 Å². The highest BCUT2D eigenvalue weighted by atomic mass is 19.1. The van der Waals surface area contributed by atoms with Gasteiger partial charge in [0.05, 0.1) is 4.92 Å². The molecule has 0 bridgehead atoms. The van der Waals surface area contributed by atoms with Crippen molar-refractivity contribution in [2.75, 3.05) is 6.54 Å². The van der Waals surface area contributed by atoms with Gasteiger partial charge in [0.15, 0.2) is 0 Å². The summed E-state index contributed by atoms with van der Waals surface area (Å²) < 4.78 is 12.9. The first-order valence-corrected chi connectivity index (χ1v) is 3.95. The van der Waals surface area contributed by atoms with Gasteiger partial charge in [0.25, 0.3) is 0 Å².